The quantitative estimate of drug-likeness (QED) is 0.806. The van der Waals surface area contributed by atoms with Crippen LogP contribution in [-0.4, -0.2) is 31.2 Å². The summed E-state index contributed by atoms with van der Waals surface area (Å²) in [6, 6.07) is 7.49. The second-order valence-electron chi connectivity index (χ2n) is 6.31. The molecule has 0 spiro atoms. The number of aromatic nitrogens is 1. The lowest BCUT2D eigenvalue weighted by atomic mass is 10.0. The number of thiazole rings is 1. The molecule has 6 heteroatoms. The molecule has 0 fully saturated rings. The number of benzene rings is 1. The lowest BCUT2D eigenvalue weighted by Crippen LogP contribution is -2.37. The van der Waals surface area contributed by atoms with E-state index >= 15 is 0 Å². The first-order valence-electron chi connectivity index (χ1n) is 8.32. The first-order chi connectivity index (χ1) is 11.9. The first kappa shape index (κ1) is 19.4. The van der Waals surface area contributed by atoms with E-state index < -0.39 is 0 Å². The molecule has 0 aliphatic rings. The second-order valence-corrected chi connectivity index (χ2v) is 7.34. The molecule has 1 N–H and O–H groups in total. The van der Waals surface area contributed by atoms with Crippen molar-refractivity contribution in [3.05, 3.63) is 45.4 Å². The normalized spacial score (nSPS) is 13.6. The van der Waals surface area contributed by atoms with Gasteiger partial charge in [-0.15, -0.1) is 11.3 Å². The third-order valence-electron chi connectivity index (χ3n) is 4.02. The smallest absolute Gasteiger partial charge is 0.263 e. The van der Waals surface area contributed by atoms with Crippen molar-refractivity contribution in [3.63, 3.8) is 0 Å². The summed E-state index contributed by atoms with van der Waals surface area (Å²) in [7, 11) is 3.28. The van der Waals surface area contributed by atoms with Gasteiger partial charge in [-0.2, -0.15) is 0 Å². The van der Waals surface area contributed by atoms with Crippen LogP contribution >= 0.6 is 11.3 Å². The molecule has 5 nitrogen and oxygen atoms in total. The van der Waals surface area contributed by atoms with Crippen molar-refractivity contribution in [3.8, 4) is 5.75 Å². The summed E-state index contributed by atoms with van der Waals surface area (Å²) in [5.41, 5.74) is 1.76. The molecule has 2 atom stereocenters. The fraction of sp³-hybridized carbons (Fsp3) is 0.474. The summed E-state index contributed by atoms with van der Waals surface area (Å²) < 4.78 is 10.8. The average molecular weight is 362 g/mol. The van der Waals surface area contributed by atoms with Gasteiger partial charge in [-0.05, 0) is 31.5 Å². The summed E-state index contributed by atoms with van der Waals surface area (Å²) in [6.45, 7) is 7.97. The van der Waals surface area contributed by atoms with Gasteiger partial charge in [0.1, 0.15) is 16.7 Å². The molecule has 0 bridgehead atoms. The van der Waals surface area contributed by atoms with E-state index in [9.17, 15) is 4.79 Å². The topological polar surface area (TPSA) is 60.5 Å². The maximum Gasteiger partial charge on any atom is 0.263 e. The lowest BCUT2D eigenvalue weighted by molar-refractivity contribution is 0.0646. The number of carbonyl (C=O) groups excluding carboxylic acids is 1. The molecular weight excluding hydrogens is 336 g/mol. The third kappa shape index (κ3) is 4.58. The standard InChI is InChI=1S/C19H26N2O3S/c1-11(2)19-21-13(4)17(25-19)18(22)20-12(3)16(24-6)14-7-9-15(23-5)10-8-14/h7-12,16H,1-6H3,(H,20,22)/t12-,16-/m1/s1. The van der Waals surface area contributed by atoms with E-state index in [1.54, 1.807) is 14.2 Å². The molecule has 0 aliphatic heterocycles. The van der Waals surface area contributed by atoms with Gasteiger partial charge in [-0.25, -0.2) is 4.98 Å². The molecule has 0 saturated carbocycles. The molecule has 2 aromatic rings. The van der Waals surface area contributed by atoms with Crippen LogP contribution in [0.5, 0.6) is 5.75 Å². The zero-order valence-electron chi connectivity index (χ0n) is 15.6. The Kier molecular flexibility index (Phi) is 6.56. The molecule has 25 heavy (non-hydrogen) atoms. The Hall–Kier alpha value is -1.92. The van der Waals surface area contributed by atoms with E-state index in [1.807, 2.05) is 38.1 Å². The highest BCUT2D eigenvalue weighted by Gasteiger charge is 2.24. The van der Waals surface area contributed by atoms with Gasteiger partial charge in [-0.3, -0.25) is 4.79 Å². The Morgan fingerprint density at radius 3 is 2.28 bits per heavy atom. The number of methoxy groups -OCH3 is 2. The number of nitrogens with zero attached hydrogens (tertiary/aromatic N) is 1. The number of amides is 1. The Morgan fingerprint density at radius 1 is 1.16 bits per heavy atom. The number of nitrogens with one attached hydrogen (secondary N) is 1. The maximum absolute atomic E-state index is 12.6. The van der Waals surface area contributed by atoms with Gasteiger partial charge in [0.2, 0.25) is 0 Å². The van der Waals surface area contributed by atoms with Crippen LogP contribution in [0.4, 0.5) is 0 Å². The fourth-order valence-electron chi connectivity index (χ4n) is 2.65. The van der Waals surface area contributed by atoms with Gasteiger partial charge in [-0.1, -0.05) is 26.0 Å². The highest BCUT2D eigenvalue weighted by Crippen LogP contribution is 2.26. The highest BCUT2D eigenvalue weighted by atomic mass is 32.1. The Bertz CT molecular complexity index is 710. The molecule has 0 unspecified atom stereocenters. The molecule has 1 heterocycles. The Balaban J connectivity index is 2.12. The van der Waals surface area contributed by atoms with Crippen LogP contribution in [0.3, 0.4) is 0 Å². The van der Waals surface area contributed by atoms with Gasteiger partial charge in [0.25, 0.3) is 5.91 Å². The fourth-order valence-corrected chi connectivity index (χ4v) is 3.62. The van der Waals surface area contributed by atoms with Gasteiger partial charge in [0.05, 0.1) is 23.9 Å². The van der Waals surface area contributed by atoms with Crippen LogP contribution in [0.15, 0.2) is 24.3 Å². The number of rotatable bonds is 7. The van der Waals surface area contributed by atoms with Crippen molar-refractivity contribution in [2.24, 2.45) is 0 Å². The minimum absolute atomic E-state index is 0.107. The van der Waals surface area contributed by atoms with Crippen LogP contribution in [-0.2, 0) is 4.74 Å². The molecular formula is C19H26N2O3S. The number of hydrogen-bond donors (Lipinski definition) is 1. The van der Waals surface area contributed by atoms with Crippen LogP contribution in [0.1, 0.15) is 58.7 Å². The number of ether oxygens (including phenoxy) is 2. The monoisotopic (exact) mass is 362 g/mol. The number of hydrogen-bond acceptors (Lipinski definition) is 5. The molecule has 0 aliphatic carbocycles. The average Bonchev–Trinajstić information content (AvgIpc) is 2.98. The van der Waals surface area contributed by atoms with E-state index in [-0.39, 0.29) is 18.1 Å². The van der Waals surface area contributed by atoms with Crippen LogP contribution < -0.4 is 10.1 Å². The minimum atomic E-state index is -0.243. The molecule has 0 radical (unpaired) electrons. The highest BCUT2D eigenvalue weighted by molar-refractivity contribution is 7.13. The van der Waals surface area contributed by atoms with Crippen molar-refractivity contribution < 1.29 is 14.3 Å². The van der Waals surface area contributed by atoms with Crippen molar-refractivity contribution in [1.29, 1.82) is 0 Å². The summed E-state index contributed by atoms with van der Waals surface area (Å²) in [5, 5.41) is 4.02. The summed E-state index contributed by atoms with van der Waals surface area (Å²) in [5.74, 6) is 0.996. The maximum atomic E-state index is 12.6. The molecule has 2 rings (SSSR count). The Morgan fingerprint density at radius 2 is 1.80 bits per heavy atom. The number of carbonyl (C=O) groups is 1. The minimum Gasteiger partial charge on any atom is -0.497 e. The summed E-state index contributed by atoms with van der Waals surface area (Å²) >= 11 is 1.46. The molecule has 1 aromatic carbocycles. The predicted octanol–water partition coefficient (Wildman–Crippen LogP) is 4.09. The van der Waals surface area contributed by atoms with Crippen LogP contribution in [0, 0.1) is 6.92 Å². The molecule has 136 valence electrons. The summed E-state index contributed by atoms with van der Waals surface area (Å²) in [6.07, 6.45) is -0.243. The zero-order valence-corrected chi connectivity index (χ0v) is 16.4. The van der Waals surface area contributed by atoms with Crippen molar-refractivity contribution in [2.45, 2.75) is 45.8 Å². The van der Waals surface area contributed by atoms with Gasteiger partial charge in [0.15, 0.2) is 0 Å². The second kappa shape index (κ2) is 8.45. The first-order valence-corrected chi connectivity index (χ1v) is 9.14. The Labute approximate surface area is 153 Å². The van der Waals surface area contributed by atoms with Gasteiger partial charge < -0.3 is 14.8 Å². The third-order valence-corrected chi connectivity index (χ3v) is 5.48. The SMILES string of the molecule is COc1ccc([C@H](OC)[C@@H](C)NC(=O)c2sc(C(C)C)nc2C)cc1. The summed E-state index contributed by atoms with van der Waals surface area (Å²) in [4.78, 5) is 17.8. The van der Waals surface area contributed by atoms with Gasteiger partial charge >= 0.3 is 0 Å². The van der Waals surface area contributed by atoms with E-state index in [4.69, 9.17) is 9.47 Å². The van der Waals surface area contributed by atoms with Crippen molar-refractivity contribution in [1.82, 2.24) is 10.3 Å². The molecule has 1 aromatic heterocycles. The largest absolute Gasteiger partial charge is 0.497 e. The molecule has 1 amide bonds. The van der Waals surface area contributed by atoms with E-state index in [2.05, 4.69) is 24.1 Å². The van der Waals surface area contributed by atoms with E-state index in [0.29, 0.717) is 10.8 Å². The van der Waals surface area contributed by atoms with E-state index in [0.717, 1.165) is 22.0 Å². The predicted molar refractivity (Wildman–Crippen MR) is 101 cm³/mol. The van der Waals surface area contributed by atoms with Crippen LogP contribution in [0.2, 0.25) is 0 Å². The van der Waals surface area contributed by atoms with Crippen molar-refractivity contribution in [2.75, 3.05) is 14.2 Å². The van der Waals surface area contributed by atoms with Crippen LogP contribution in [0.25, 0.3) is 0 Å². The zero-order chi connectivity index (χ0) is 18.6. The number of aryl methyl sites for hydroxylation is 1. The lowest BCUT2D eigenvalue weighted by Gasteiger charge is -2.24. The van der Waals surface area contributed by atoms with Crippen molar-refractivity contribution >= 4 is 17.2 Å². The van der Waals surface area contributed by atoms with Gasteiger partial charge in [0, 0.05) is 13.0 Å². The molecule has 0 saturated heterocycles. The van der Waals surface area contributed by atoms with E-state index in [1.165, 1.54) is 11.3 Å².